The molecule has 0 aliphatic rings. The smallest absolute Gasteiger partial charge is 0.123 e. The van der Waals surface area contributed by atoms with Gasteiger partial charge in [0.1, 0.15) is 18.2 Å². The summed E-state index contributed by atoms with van der Waals surface area (Å²) in [5.74, 6) is 0.511. The van der Waals surface area contributed by atoms with Crippen LogP contribution in [0.5, 0.6) is 5.75 Å². The van der Waals surface area contributed by atoms with Crippen molar-refractivity contribution < 1.29 is 9.13 Å². The molecular formula is C15H16FNO. The number of hydrogen-bond acceptors (Lipinski definition) is 2. The minimum Gasteiger partial charge on any atom is -0.489 e. The second-order valence-electron chi connectivity index (χ2n) is 4.21. The minimum atomic E-state index is -0.241. The summed E-state index contributed by atoms with van der Waals surface area (Å²) in [6, 6.07) is 12.3. The van der Waals surface area contributed by atoms with Gasteiger partial charge in [-0.1, -0.05) is 18.2 Å². The highest BCUT2D eigenvalue weighted by Gasteiger charge is 2.02. The highest BCUT2D eigenvalue weighted by molar-refractivity contribution is 5.30. The lowest BCUT2D eigenvalue weighted by Gasteiger charge is -2.09. The van der Waals surface area contributed by atoms with Crippen molar-refractivity contribution in [2.75, 3.05) is 0 Å². The summed E-state index contributed by atoms with van der Waals surface area (Å²) >= 11 is 0. The average molecular weight is 245 g/mol. The second-order valence-corrected chi connectivity index (χ2v) is 4.21. The number of nitrogens with two attached hydrogens (primary N) is 1. The normalized spacial score (nSPS) is 10.4. The zero-order chi connectivity index (χ0) is 13.0. The summed E-state index contributed by atoms with van der Waals surface area (Å²) in [5, 5.41) is 0. The fraction of sp³-hybridized carbons (Fsp3) is 0.200. The first-order chi connectivity index (χ1) is 8.69. The molecule has 0 unspecified atom stereocenters. The van der Waals surface area contributed by atoms with E-state index in [9.17, 15) is 4.39 Å². The molecule has 0 aliphatic carbocycles. The van der Waals surface area contributed by atoms with E-state index in [2.05, 4.69) is 0 Å². The largest absolute Gasteiger partial charge is 0.489 e. The molecule has 2 rings (SSSR count). The number of ether oxygens (including phenoxy) is 1. The number of hydrogen-bond donors (Lipinski definition) is 1. The fourth-order valence-corrected chi connectivity index (χ4v) is 1.72. The summed E-state index contributed by atoms with van der Waals surface area (Å²) in [6.45, 7) is 2.78. The van der Waals surface area contributed by atoms with Crippen LogP contribution in [0.15, 0.2) is 42.5 Å². The lowest BCUT2D eigenvalue weighted by atomic mass is 10.1. The van der Waals surface area contributed by atoms with Crippen molar-refractivity contribution >= 4 is 0 Å². The van der Waals surface area contributed by atoms with E-state index in [4.69, 9.17) is 10.5 Å². The molecule has 0 aromatic heterocycles. The third-order valence-corrected chi connectivity index (χ3v) is 2.84. The molecule has 0 spiro atoms. The Morgan fingerprint density at radius 2 is 2.00 bits per heavy atom. The maximum absolute atomic E-state index is 13.1. The summed E-state index contributed by atoms with van der Waals surface area (Å²) in [5.41, 5.74) is 8.46. The highest BCUT2D eigenvalue weighted by atomic mass is 19.1. The lowest BCUT2D eigenvalue weighted by Crippen LogP contribution is -2.00. The molecule has 0 saturated carbocycles. The van der Waals surface area contributed by atoms with Crippen LogP contribution in [0.4, 0.5) is 4.39 Å². The first kappa shape index (κ1) is 12.6. The molecule has 3 heteroatoms. The van der Waals surface area contributed by atoms with Gasteiger partial charge in [-0.2, -0.15) is 0 Å². The molecule has 18 heavy (non-hydrogen) atoms. The van der Waals surface area contributed by atoms with E-state index in [1.165, 1.54) is 12.1 Å². The van der Waals surface area contributed by atoms with Crippen molar-refractivity contribution in [1.82, 2.24) is 0 Å². The molecule has 0 fully saturated rings. The molecule has 0 radical (unpaired) electrons. The standard InChI is InChI=1S/C15H16FNO/c1-11-5-6-14(16)8-13(11)10-18-15-4-2-3-12(7-15)9-17/h2-8H,9-10,17H2,1H3. The van der Waals surface area contributed by atoms with Gasteiger partial charge < -0.3 is 10.5 Å². The second kappa shape index (κ2) is 5.65. The summed E-state index contributed by atoms with van der Waals surface area (Å²) in [4.78, 5) is 0. The zero-order valence-electron chi connectivity index (χ0n) is 10.3. The topological polar surface area (TPSA) is 35.2 Å². The summed E-state index contributed by atoms with van der Waals surface area (Å²) in [6.07, 6.45) is 0. The van der Waals surface area contributed by atoms with Crippen LogP contribution in [-0.2, 0) is 13.2 Å². The highest BCUT2D eigenvalue weighted by Crippen LogP contribution is 2.17. The van der Waals surface area contributed by atoms with E-state index in [-0.39, 0.29) is 5.82 Å². The average Bonchev–Trinajstić information content (AvgIpc) is 2.40. The Labute approximate surface area is 106 Å². The molecule has 2 nitrogen and oxygen atoms in total. The number of aryl methyl sites for hydroxylation is 1. The maximum Gasteiger partial charge on any atom is 0.123 e. The van der Waals surface area contributed by atoms with Crippen molar-refractivity contribution in [2.45, 2.75) is 20.1 Å². The van der Waals surface area contributed by atoms with Gasteiger partial charge in [-0.15, -0.1) is 0 Å². The number of rotatable bonds is 4. The van der Waals surface area contributed by atoms with Crippen molar-refractivity contribution in [3.63, 3.8) is 0 Å². The van der Waals surface area contributed by atoms with Crippen LogP contribution in [0, 0.1) is 12.7 Å². The van der Waals surface area contributed by atoms with Crippen molar-refractivity contribution in [3.05, 3.63) is 65.0 Å². The van der Waals surface area contributed by atoms with Crippen molar-refractivity contribution in [3.8, 4) is 5.75 Å². The van der Waals surface area contributed by atoms with Crippen LogP contribution >= 0.6 is 0 Å². The Morgan fingerprint density at radius 1 is 1.17 bits per heavy atom. The molecule has 2 aromatic carbocycles. The Kier molecular flexibility index (Phi) is 3.95. The molecule has 94 valence electrons. The molecular weight excluding hydrogens is 229 g/mol. The van der Waals surface area contributed by atoms with E-state index in [1.54, 1.807) is 6.07 Å². The molecule has 0 aliphatic heterocycles. The molecule has 0 bridgehead atoms. The predicted molar refractivity (Wildman–Crippen MR) is 69.8 cm³/mol. The van der Waals surface area contributed by atoms with Crippen LogP contribution < -0.4 is 10.5 Å². The zero-order valence-corrected chi connectivity index (χ0v) is 10.3. The SMILES string of the molecule is Cc1ccc(F)cc1COc1cccc(CN)c1. The van der Waals surface area contributed by atoms with E-state index in [0.717, 1.165) is 22.4 Å². The summed E-state index contributed by atoms with van der Waals surface area (Å²) < 4.78 is 18.8. The number of benzene rings is 2. The van der Waals surface area contributed by atoms with Crippen LogP contribution in [0.3, 0.4) is 0 Å². The van der Waals surface area contributed by atoms with E-state index < -0.39 is 0 Å². The Bertz CT molecular complexity index is 540. The van der Waals surface area contributed by atoms with Crippen LogP contribution in [0.2, 0.25) is 0 Å². The summed E-state index contributed by atoms with van der Waals surface area (Å²) in [7, 11) is 0. The van der Waals surface area contributed by atoms with E-state index >= 15 is 0 Å². The molecule has 0 heterocycles. The maximum atomic E-state index is 13.1. The van der Waals surface area contributed by atoms with E-state index in [1.807, 2.05) is 31.2 Å². The molecule has 2 aromatic rings. The molecule has 0 atom stereocenters. The fourth-order valence-electron chi connectivity index (χ4n) is 1.72. The third-order valence-electron chi connectivity index (χ3n) is 2.84. The monoisotopic (exact) mass is 245 g/mol. The first-order valence-corrected chi connectivity index (χ1v) is 5.86. The van der Waals surface area contributed by atoms with Gasteiger partial charge in [0, 0.05) is 6.54 Å². The van der Waals surface area contributed by atoms with Crippen molar-refractivity contribution in [2.24, 2.45) is 5.73 Å². The number of halogens is 1. The van der Waals surface area contributed by atoms with Crippen LogP contribution in [0.25, 0.3) is 0 Å². The van der Waals surface area contributed by atoms with Gasteiger partial charge in [0.15, 0.2) is 0 Å². The van der Waals surface area contributed by atoms with Gasteiger partial charge in [0.2, 0.25) is 0 Å². The molecule has 2 N–H and O–H groups in total. The third kappa shape index (κ3) is 3.08. The van der Waals surface area contributed by atoms with Gasteiger partial charge >= 0.3 is 0 Å². The van der Waals surface area contributed by atoms with Gasteiger partial charge in [-0.05, 0) is 47.9 Å². The van der Waals surface area contributed by atoms with E-state index in [0.29, 0.717) is 13.2 Å². The van der Waals surface area contributed by atoms with Gasteiger partial charge in [-0.3, -0.25) is 0 Å². The predicted octanol–water partition coefficient (Wildman–Crippen LogP) is 3.17. The van der Waals surface area contributed by atoms with Gasteiger partial charge in [-0.25, -0.2) is 4.39 Å². The quantitative estimate of drug-likeness (QED) is 0.898. The molecule has 0 saturated heterocycles. The van der Waals surface area contributed by atoms with Crippen LogP contribution in [-0.4, -0.2) is 0 Å². The van der Waals surface area contributed by atoms with Crippen molar-refractivity contribution in [1.29, 1.82) is 0 Å². The van der Waals surface area contributed by atoms with Crippen LogP contribution in [0.1, 0.15) is 16.7 Å². The molecule has 0 amide bonds. The Morgan fingerprint density at radius 3 is 2.78 bits per heavy atom. The first-order valence-electron chi connectivity index (χ1n) is 5.86. The lowest BCUT2D eigenvalue weighted by molar-refractivity contribution is 0.304. The Hall–Kier alpha value is -1.87. The van der Waals surface area contributed by atoms with Gasteiger partial charge in [0.05, 0.1) is 0 Å². The minimum absolute atomic E-state index is 0.241. The van der Waals surface area contributed by atoms with Gasteiger partial charge in [0.25, 0.3) is 0 Å². The Balaban J connectivity index is 2.08.